The lowest BCUT2D eigenvalue weighted by Crippen LogP contribution is -2.46. The van der Waals surface area contributed by atoms with Crippen LogP contribution in [0.5, 0.6) is 0 Å². The topological polar surface area (TPSA) is 60.2 Å². The molecular formula is C16H25NO2S. The lowest BCUT2D eigenvalue weighted by Gasteiger charge is -2.35. The van der Waals surface area contributed by atoms with Crippen LogP contribution in [0, 0.1) is 18.8 Å². The smallest absolute Gasteiger partial charge is 0.182 e. The van der Waals surface area contributed by atoms with Crippen molar-refractivity contribution in [2.24, 2.45) is 17.6 Å². The third-order valence-corrected chi connectivity index (χ3v) is 6.79. The minimum Gasteiger partial charge on any atom is -0.327 e. The molecule has 0 heterocycles. The molecule has 0 radical (unpaired) electrons. The molecule has 0 amide bonds. The van der Waals surface area contributed by atoms with Gasteiger partial charge in [0.05, 0.1) is 10.1 Å². The second-order valence-electron chi connectivity index (χ2n) is 6.38. The molecular weight excluding hydrogens is 270 g/mol. The molecule has 1 fully saturated rings. The van der Waals surface area contributed by atoms with Gasteiger partial charge in [-0.15, -0.1) is 0 Å². The molecule has 1 aliphatic rings. The van der Waals surface area contributed by atoms with Crippen molar-refractivity contribution in [2.45, 2.75) is 56.2 Å². The Bertz CT molecular complexity index is 566. The van der Waals surface area contributed by atoms with Crippen LogP contribution < -0.4 is 5.73 Å². The zero-order valence-corrected chi connectivity index (χ0v) is 13.4. The van der Waals surface area contributed by atoms with Crippen LogP contribution in [0.1, 0.15) is 38.7 Å². The summed E-state index contributed by atoms with van der Waals surface area (Å²) in [6.45, 7) is 6.24. The molecule has 1 aromatic carbocycles. The number of hydrogen-bond acceptors (Lipinski definition) is 3. The minimum absolute atomic E-state index is 0.240. The molecule has 0 aliphatic heterocycles. The van der Waals surface area contributed by atoms with E-state index in [1.807, 2.05) is 13.0 Å². The summed E-state index contributed by atoms with van der Waals surface area (Å²) in [6, 6.07) is 6.91. The predicted octanol–water partition coefficient (Wildman–Crippen LogP) is 2.92. The first-order valence-corrected chi connectivity index (χ1v) is 8.93. The van der Waals surface area contributed by atoms with Crippen LogP contribution in [0.2, 0.25) is 0 Å². The molecule has 1 aliphatic carbocycles. The molecule has 1 saturated carbocycles. The molecule has 0 bridgehead atoms. The molecule has 0 spiro atoms. The van der Waals surface area contributed by atoms with E-state index < -0.39 is 15.1 Å². The standard InChI is InChI=1S/C16H25NO2S/c1-11(2)13-7-8-15(17)16(10-13)20(18,19)14-6-4-5-12(3)9-14/h4-6,9,11,13,15-16H,7-8,10,17H2,1-3H3. The van der Waals surface area contributed by atoms with Gasteiger partial charge in [0.1, 0.15) is 0 Å². The molecule has 4 heteroatoms. The highest BCUT2D eigenvalue weighted by Gasteiger charge is 2.38. The molecule has 3 unspecified atom stereocenters. The maximum Gasteiger partial charge on any atom is 0.182 e. The van der Waals surface area contributed by atoms with Crippen LogP contribution >= 0.6 is 0 Å². The first-order chi connectivity index (χ1) is 9.32. The summed E-state index contributed by atoms with van der Waals surface area (Å²) in [4.78, 5) is 0.419. The molecule has 20 heavy (non-hydrogen) atoms. The largest absolute Gasteiger partial charge is 0.327 e. The number of sulfone groups is 1. The summed E-state index contributed by atoms with van der Waals surface area (Å²) >= 11 is 0. The van der Waals surface area contributed by atoms with Crippen molar-refractivity contribution in [1.82, 2.24) is 0 Å². The molecule has 2 rings (SSSR count). The molecule has 3 nitrogen and oxygen atoms in total. The maximum absolute atomic E-state index is 12.8. The summed E-state index contributed by atoms with van der Waals surface area (Å²) < 4.78 is 25.7. The van der Waals surface area contributed by atoms with E-state index in [0.29, 0.717) is 23.2 Å². The Morgan fingerprint density at radius 3 is 2.55 bits per heavy atom. The van der Waals surface area contributed by atoms with Gasteiger partial charge in [-0.3, -0.25) is 0 Å². The van der Waals surface area contributed by atoms with Crippen molar-refractivity contribution in [3.63, 3.8) is 0 Å². The summed E-state index contributed by atoms with van der Waals surface area (Å²) in [5.41, 5.74) is 7.09. The average molecular weight is 295 g/mol. The van der Waals surface area contributed by atoms with E-state index in [-0.39, 0.29) is 6.04 Å². The Morgan fingerprint density at radius 2 is 1.95 bits per heavy atom. The Hall–Kier alpha value is -0.870. The normalized spacial score (nSPS) is 27.8. The van der Waals surface area contributed by atoms with Gasteiger partial charge in [0.15, 0.2) is 9.84 Å². The van der Waals surface area contributed by atoms with Crippen LogP contribution in [0.3, 0.4) is 0 Å². The van der Waals surface area contributed by atoms with E-state index in [4.69, 9.17) is 5.73 Å². The first-order valence-electron chi connectivity index (χ1n) is 7.38. The van der Waals surface area contributed by atoms with Crippen molar-refractivity contribution in [3.8, 4) is 0 Å². The van der Waals surface area contributed by atoms with Crippen LogP contribution in [-0.2, 0) is 9.84 Å². The molecule has 1 aromatic rings. The SMILES string of the molecule is Cc1cccc(S(=O)(=O)C2CC(C(C)C)CCC2N)c1. The highest BCUT2D eigenvalue weighted by atomic mass is 32.2. The van der Waals surface area contributed by atoms with Crippen molar-refractivity contribution >= 4 is 9.84 Å². The summed E-state index contributed by atoms with van der Waals surface area (Å²) in [5, 5.41) is -0.439. The summed E-state index contributed by atoms with van der Waals surface area (Å²) in [7, 11) is -3.33. The minimum atomic E-state index is -3.33. The fraction of sp³-hybridized carbons (Fsp3) is 0.625. The second-order valence-corrected chi connectivity index (χ2v) is 8.55. The number of nitrogens with two attached hydrogens (primary N) is 1. The van der Waals surface area contributed by atoms with Gasteiger partial charge in [-0.25, -0.2) is 8.42 Å². The van der Waals surface area contributed by atoms with Crippen LogP contribution in [0.25, 0.3) is 0 Å². The lowest BCUT2D eigenvalue weighted by atomic mass is 9.79. The van der Waals surface area contributed by atoms with Crippen LogP contribution in [0.4, 0.5) is 0 Å². The Morgan fingerprint density at radius 1 is 1.25 bits per heavy atom. The lowest BCUT2D eigenvalue weighted by molar-refractivity contribution is 0.261. The Balaban J connectivity index is 2.32. The van der Waals surface area contributed by atoms with Gasteiger partial charge in [0, 0.05) is 6.04 Å². The molecule has 3 atom stereocenters. The predicted molar refractivity (Wildman–Crippen MR) is 82.3 cm³/mol. The zero-order valence-electron chi connectivity index (χ0n) is 12.5. The fourth-order valence-corrected chi connectivity index (χ4v) is 5.18. The maximum atomic E-state index is 12.8. The highest BCUT2D eigenvalue weighted by molar-refractivity contribution is 7.92. The Kier molecular flexibility index (Phi) is 4.55. The molecule has 112 valence electrons. The zero-order chi connectivity index (χ0) is 14.9. The quantitative estimate of drug-likeness (QED) is 0.932. The van der Waals surface area contributed by atoms with Gasteiger partial charge < -0.3 is 5.73 Å². The number of rotatable bonds is 3. The van der Waals surface area contributed by atoms with E-state index in [9.17, 15) is 8.42 Å². The first kappa shape index (κ1) is 15.5. The van der Waals surface area contributed by atoms with Crippen molar-refractivity contribution < 1.29 is 8.42 Å². The van der Waals surface area contributed by atoms with Gasteiger partial charge >= 0.3 is 0 Å². The van der Waals surface area contributed by atoms with Gasteiger partial charge in [0.25, 0.3) is 0 Å². The van der Waals surface area contributed by atoms with Crippen LogP contribution in [0.15, 0.2) is 29.2 Å². The van der Waals surface area contributed by atoms with Crippen LogP contribution in [-0.4, -0.2) is 19.7 Å². The summed E-state index contributed by atoms with van der Waals surface area (Å²) in [5.74, 6) is 0.970. The molecule has 2 N–H and O–H groups in total. The van der Waals surface area contributed by atoms with E-state index >= 15 is 0 Å². The van der Waals surface area contributed by atoms with Gasteiger partial charge in [-0.1, -0.05) is 26.0 Å². The van der Waals surface area contributed by atoms with E-state index in [1.54, 1.807) is 18.2 Å². The van der Waals surface area contributed by atoms with E-state index in [0.717, 1.165) is 18.4 Å². The second kappa shape index (κ2) is 5.86. The van der Waals surface area contributed by atoms with Gasteiger partial charge in [-0.05, 0) is 55.7 Å². The Labute approximate surface area is 122 Å². The van der Waals surface area contributed by atoms with Crippen molar-refractivity contribution in [1.29, 1.82) is 0 Å². The van der Waals surface area contributed by atoms with E-state index in [1.165, 1.54) is 0 Å². The molecule has 0 aromatic heterocycles. The highest BCUT2D eigenvalue weighted by Crippen LogP contribution is 2.35. The monoisotopic (exact) mass is 295 g/mol. The van der Waals surface area contributed by atoms with E-state index in [2.05, 4.69) is 13.8 Å². The van der Waals surface area contributed by atoms with Crippen molar-refractivity contribution in [2.75, 3.05) is 0 Å². The number of hydrogen-bond donors (Lipinski definition) is 1. The average Bonchev–Trinajstić information content (AvgIpc) is 2.38. The third-order valence-electron chi connectivity index (χ3n) is 4.54. The number of benzene rings is 1. The van der Waals surface area contributed by atoms with Gasteiger partial charge in [0.2, 0.25) is 0 Å². The third kappa shape index (κ3) is 3.07. The van der Waals surface area contributed by atoms with Crippen molar-refractivity contribution in [3.05, 3.63) is 29.8 Å². The molecule has 0 saturated heterocycles. The summed E-state index contributed by atoms with van der Waals surface area (Å²) in [6.07, 6.45) is 2.53. The fourth-order valence-electron chi connectivity index (χ4n) is 3.11. The van der Waals surface area contributed by atoms with Gasteiger partial charge in [-0.2, -0.15) is 0 Å². The number of aryl methyl sites for hydroxylation is 1.